The number of anilines is 1. The Balaban J connectivity index is 1.52. The fourth-order valence-corrected chi connectivity index (χ4v) is 4.05. The first kappa shape index (κ1) is 22.2. The van der Waals surface area contributed by atoms with Gasteiger partial charge in [-0.25, -0.2) is 0 Å². The summed E-state index contributed by atoms with van der Waals surface area (Å²) in [5, 5.41) is 12.0. The molecule has 0 radical (unpaired) electrons. The number of aromatic nitrogens is 2. The summed E-state index contributed by atoms with van der Waals surface area (Å²) >= 11 is 0. The number of benzene rings is 1. The fraction of sp³-hybridized carbons (Fsp3) is 0.542. The summed E-state index contributed by atoms with van der Waals surface area (Å²) in [6, 6.07) is 12.3. The van der Waals surface area contributed by atoms with Crippen molar-refractivity contribution in [1.82, 2.24) is 20.4 Å². The number of piperidine rings is 1. The Bertz CT molecular complexity index is 803. The normalized spacial score (nSPS) is 16.7. The Kier molecular flexibility index (Phi) is 8.20. The van der Waals surface area contributed by atoms with E-state index in [1.807, 2.05) is 18.2 Å². The van der Waals surface area contributed by atoms with E-state index in [9.17, 15) is 4.79 Å². The number of amides is 1. The van der Waals surface area contributed by atoms with Crippen molar-refractivity contribution in [2.45, 2.75) is 40.0 Å². The van der Waals surface area contributed by atoms with Gasteiger partial charge < -0.3 is 15.1 Å². The third-order valence-electron chi connectivity index (χ3n) is 5.93. The SMILES string of the molecule is CCN(CC)CCCNC(=O)[C@H]1CCCN(c2ccc(-c3cccc(C)c3)nn2)C1. The molecule has 1 saturated heterocycles. The van der Waals surface area contributed by atoms with Crippen molar-refractivity contribution in [3.63, 3.8) is 0 Å². The molecule has 2 aromatic rings. The Morgan fingerprint density at radius 3 is 2.73 bits per heavy atom. The van der Waals surface area contributed by atoms with Crippen LogP contribution in [0.1, 0.15) is 38.7 Å². The van der Waals surface area contributed by atoms with Crippen LogP contribution in [0.5, 0.6) is 0 Å². The van der Waals surface area contributed by atoms with Crippen LogP contribution in [0.25, 0.3) is 11.3 Å². The van der Waals surface area contributed by atoms with E-state index >= 15 is 0 Å². The van der Waals surface area contributed by atoms with Crippen LogP contribution in [-0.4, -0.2) is 60.3 Å². The molecule has 6 nitrogen and oxygen atoms in total. The minimum absolute atomic E-state index is 0.0189. The van der Waals surface area contributed by atoms with Crippen LogP contribution in [0, 0.1) is 12.8 Å². The lowest BCUT2D eigenvalue weighted by atomic mass is 9.97. The van der Waals surface area contributed by atoms with Crippen molar-refractivity contribution in [1.29, 1.82) is 0 Å². The molecule has 1 amide bonds. The molecule has 30 heavy (non-hydrogen) atoms. The van der Waals surface area contributed by atoms with Gasteiger partial charge in [0.25, 0.3) is 0 Å². The van der Waals surface area contributed by atoms with Gasteiger partial charge in [-0.1, -0.05) is 37.6 Å². The molecule has 1 aromatic carbocycles. The van der Waals surface area contributed by atoms with E-state index in [2.05, 4.69) is 64.3 Å². The van der Waals surface area contributed by atoms with Crippen LogP contribution in [0.3, 0.4) is 0 Å². The van der Waals surface area contributed by atoms with Crippen LogP contribution in [0.4, 0.5) is 5.82 Å². The molecule has 1 aliphatic rings. The van der Waals surface area contributed by atoms with E-state index in [0.717, 1.165) is 69.1 Å². The van der Waals surface area contributed by atoms with E-state index < -0.39 is 0 Å². The van der Waals surface area contributed by atoms with Gasteiger partial charge >= 0.3 is 0 Å². The largest absolute Gasteiger partial charge is 0.356 e. The maximum absolute atomic E-state index is 12.6. The third-order valence-corrected chi connectivity index (χ3v) is 5.93. The van der Waals surface area contributed by atoms with Gasteiger partial charge in [0, 0.05) is 25.2 Å². The van der Waals surface area contributed by atoms with Gasteiger partial charge in [0.05, 0.1) is 11.6 Å². The molecular formula is C24H35N5O. The molecule has 0 aliphatic carbocycles. The van der Waals surface area contributed by atoms with E-state index in [0.29, 0.717) is 6.54 Å². The Morgan fingerprint density at radius 1 is 1.20 bits per heavy atom. The molecule has 0 saturated carbocycles. The summed E-state index contributed by atoms with van der Waals surface area (Å²) in [5.74, 6) is 1.04. The molecule has 1 aliphatic heterocycles. The summed E-state index contributed by atoms with van der Waals surface area (Å²) in [6.45, 7) is 12.0. The fourth-order valence-electron chi connectivity index (χ4n) is 4.05. The molecular weight excluding hydrogens is 374 g/mol. The topological polar surface area (TPSA) is 61.4 Å². The first-order valence-electron chi connectivity index (χ1n) is 11.3. The lowest BCUT2D eigenvalue weighted by molar-refractivity contribution is -0.125. The smallest absolute Gasteiger partial charge is 0.224 e. The van der Waals surface area contributed by atoms with Crippen molar-refractivity contribution in [3.05, 3.63) is 42.0 Å². The van der Waals surface area contributed by atoms with Crippen LogP contribution in [-0.2, 0) is 4.79 Å². The molecule has 162 valence electrons. The highest BCUT2D eigenvalue weighted by atomic mass is 16.1. The lowest BCUT2D eigenvalue weighted by Gasteiger charge is -2.32. The van der Waals surface area contributed by atoms with E-state index in [4.69, 9.17) is 0 Å². The number of aryl methyl sites for hydroxylation is 1. The lowest BCUT2D eigenvalue weighted by Crippen LogP contribution is -2.44. The number of carbonyl (C=O) groups is 1. The van der Waals surface area contributed by atoms with Crippen molar-refractivity contribution >= 4 is 11.7 Å². The highest BCUT2D eigenvalue weighted by molar-refractivity contribution is 5.79. The van der Waals surface area contributed by atoms with E-state index in [1.54, 1.807) is 0 Å². The standard InChI is InChI=1S/C24H35N5O/c1-4-28(5-2)15-8-14-25-24(30)21-11-7-16-29(18-21)23-13-12-22(26-27-23)20-10-6-9-19(3)17-20/h6,9-10,12-13,17,21H,4-5,7-8,11,14-16,18H2,1-3H3,(H,25,30)/t21-/m0/s1. The van der Waals surface area contributed by atoms with Gasteiger partial charge in [-0.3, -0.25) is 4.79 Å². The third kappa shape index (κ3) is 6.02. The van der Waals surface area contributed by atoms with Crippen molar-refractivity contribution in [3.8, 4) is 11.3 Å². The Labute approximate surface area is 180 Å². The number of nitrogens with zero attached hydrogens (tertiary/aromatic N) is 4. The quantitative estimate of drug-likeness (QED) is 0.642. The van der Waals surface area contributed by atoms with E-state index in [-0.39, 0.29) is 11.8 Å². The first-order valence-corrected chi connectivity index (χ1v) is 11.3. The zero-order valence-corrected chi connectivity index (χ0v) is 18.6. The molecule has 3 rings (SSSR count). The first-order chi connectivity index (χ1) is 14.6. The maximum Gasteiger partial charge on any atom is 0.224 e. The number of carbonyl (C=O) groups excluding carboxylic acids is 1. The summed E-state index contributed by atoms with van der Waals surface area (Å²) in [5.41, 5.74) is 3.16. The van der Waals surface area contributed by atoms with Gasteiger partial charge in [-0.2, -0.15) is 0 Å². The molecule has 0 spiro atoms. The number of rotatable bonds is 9. The Hall–Kier alpha value is -2.47. The minimum Gasteiger partial charge on any atom is -0.356 e. The van der Waals surface area contributed by atoms with Crippen LogP contribution in [0.2, 0.25) is 0 Å². The second-order valence-electron chi connectivity index (χ2n) is 8.10. The summed E-state index contributed by atoms with van der Waals surface area (Å²) < 4.78 is 0. The molecule has 1 atom stereocenters. The number of hydrogen-bond donors (Lipinski definition) is 1. The predicted octanol–water partition coefficient (Wildman–Crippen LogP) is 3.52. The number of hydrogen-bond acceptors (Lipinski definition) is 5. The maximum atomic E-state index is 12.6. The average Bonchev–Trinajstić information content (AvgIpc) is 2.79. The zero-order valence-electron chi connectivity index (χ0n) is 18.6. The molecule has 0 unspecified atom stereocenters. The number of nitrogens with one attached hydrogen (secondary N) is 1. The molecule has 1 aromatic heterocycles. The van der Waals surface area contributed by atoms with Gasteiger partial charge in [-0.15, -0.1) is 10.2 Å². The minimum atomic E-state index is 0.0189. The second-order valence-corrected chi connectivity index (χ2v) is 8.10. The van der Waals surface area contributed by atoms with Crippen molar-refractivity contribution in [2.24, 2.45) is 5.92 Å². The molecule has 1 N–H and O–H groups in total. The van der Waals surface area contributed by atoms with Gasteiger partial charge in [0.2, 0.25) is 5.91 Å². The van der Waals surface area contributed by atoms with Crippen LogP contribution in [0.15, 0.2) is 36.4 Å². The highest BCUT2D eigenvalue weighted by Gasteiger charge is 2.26. The molecule has 0 bridgehead atoms. The van der Waals surface area contributed by atoms with E-state index in [1.165, 1.54) is 5.56 Å². The van der Waals surface area contributed by atoms with Gasteiger partial charge in [0.15, 0.2) is 5.82 Å². The van der Waals surface area contributed by atoms with Crippen LogP contribution >= 0.6 is 0 Å². The molecule has 1 fully saturated rings. The molecule has 2 heterocycles. The summed E-state index contributed by atoms with van der Waals surface area (Å²) in [4.78, 5) is 17.2. The van der Waals surface area contributed by atoms with Gasteiger partial charge in [-0.05, 0) is 64.0 Å². The monoisotopic (exact) mass is 409 g/mol. The zero-order chi connectivity index (χ0) is 21.3. The Morgan fingerprint density at radius 2 is 2.03 bits per heavy atom. The second kappa shape index (κ2) is 11.1. The predicted molar refractivity (Wildman–Crippen MR) is 123 cm³/mol. The summed E-state index contributed by atoms with van der Waals surface area (Å²) in [6.07, 6.45) is 2.93. The molecule has 6 heteroatoms. The van der Waals surface area contributed by atoms with Crippen LogP contribution < -0.4 is 10.2 Å². The highest BCUT2D eigenvalue weighted by Crippen LogP contribution is 2.23. The summed E-state index contributed by atoms with van der Waals surface area (Å²) in [7, 11) is 0. The van der Waals surface area contributed by atoms with Crippen molar-refractivity contribution in [2.75, 3.05) is 44.2 Å². The average molecular weight is 410 g/mol. The van der Waals surface area contributed by atoms with Crippen molar-refractivity contribution < 1.29 is 4.79 Å². The van der Waals surface area contributed by atoms with Gasteiger partial charge in [0.1, 0.15) is 0 Å².